The first-order valence-corrected chi connectivity index (χ1v) is 6.78. The van der Waals surface area contributed by atoms with Crippen molar-refractivity contribution >= 4 is 5.69 Å². The highest BCUT2D eigenvalue weighted by atomic mass is 16.6. The molecule has 0 unspecified atom stereocenters. The largest absolute Gasteiger partial charge is 0.308 e. The summed E-state index contributed by atoms with van der Waals surface area (Å²) < 4.78 is 1.75. The average molecular weight is 290 g/mol. The molecule has 1 aromatic heterocycles. The van der Waals surface area contributed by atoms with Gasteiger partial charge in [0, 0.05) is 24.7 Å². The maximum absolute atomic E-state index is 10.6. The van der Waals surface area contributed by atoms with E-state index in [9.17, 15) is 10.1 Å². The van der Waals surface area contributed by atoms with E-state index in [1.54, 1.807) is 16.8 Å². The smallest absolute Gasteiger partial charge is 0.269 e. The van der Waals surface area contributed by atoms with Crippen LogP contribution in [0.15, 0.2) is 24.3 Å². The van der Waals surface area contributed by atoms with Gasteiger partial charge in [0.15, 0.2) is 5.82 Å². The number of non-ortho nitro benzene ring substituents is 1. The van der Waals surface area contributed by atoms with Crippen molar-refractivity contribution in [2.45, 2.75) is 39.4 Å². The summed E-state index contributed by atoms with van der Waals surface area (Å²) in [5, 5.41) is 25.5. The molecule has 8 nitrogen and oxygen atoms in total. The van der Waals surface area contributed by atoms with Gasteiger partial charge >= 0.3 is 0 Å². The van der Waals surface area contributed by atoms with Crippen molar-refractivity contribution in [2.24, 2.45) is 0 Å². The van der Waals surface area contributed by atoms with E-state index in [4.69, 9.17) is 0 Å². The Kier molecular flexibility index (Phi) is 4.94. The fourth-order valence-corrected chi connectivity index (χ4v) is 1.84. The zero-order chi connectivity index (χ0) is 15.2. The van der Waals surface area contributed by atoms with Gasteiger partial charge < -0.3 is 5.32 Å². The summed E-state index contributed by atoms with van der Waals surface area (Å²) in [6.45, 7) is 5.38. The van der Waals surface area contributed by atoms with Crippen LogP contribution in [0.4, 0.5) is 5.69 Å². The number of aryl methyl sites for hydroxylation is 2. The molecule has 2 rings (SSSR count). The first-order chi connectivity index (χ1) is 10.1. The lowest BCUT2D eigenvalue weighted by atomic mass is 10.1. The van der Waals surface area contributed by atoms with Crippen molar-refractivity contribution in [1.29, 1.82) is 0 Å². The van der Waals surface area contributed by atoms with Crippen LogP contribution in [0.2, 0.25) is 0 Å². The summed E-state index contributed by atoms with van der Waals surface area (Å²) in [6, 6.07) is 6.90. The van der Waals surface area contributed by atoms with Crippen LogP contribution in [0.1, 0.15) is 25.2 Å². The Hall–Kier alpha value is -2.35. The maximum atomic E-state index is 10.6. The normalized spacial score (nSPS) is 11.0. The Morgan fingerprint density at radius 2 is 2.05 bits per heavy atom. The Balaban J connectivity index is 1.93. The van der Waals surface area contributed by atoms with Crippen molar-refractivity contribution in [3.05, 3.63) is 45.8 Å². The summed E-state index contributed by atoms with van der Waals surface area (Å²) in [7, 11) is 0. The molecule has 0 aliphatic rings. The highest BCUT2D eigenvalue weighted by Gasteiger charge is 2.08. The van der Waals surface area contributed by atoms with E-state index >= 15 is 0 Å². The minimum Gasteiger partial charge on any atom is -0.308 e. The second kappa shape index (κ2) is 6.89. The SMILES string of the molecule is CC(C)NCc1nnnn1CCc1ccc([N+](=O)[O-])cc1. The monoisotopic (exact) mass is 290 g/mol. The van der Waals surface area contributed by atoms with Gasteiger partial charge in [-0.05, 0) is 22.4 Å². The van der Waals surface area contributed by atoms with E-state index in [1.165, 1.54) is 12.1 Å². The number of hydrogen-bond acceptors (Lipinski definition) is 6. The number of hydrogen-bond donors (Lipinski definition) is 1. The number of rotatable bonds is 7. The molecule has 0 fully saturated rings. The molecule has 0 aliphatic carbocycles. The first kappa shape index (κ1) is 15.0. The lowest BCUT2D eigenvalue weighted by Crippen LogP contribution is -2.24. The fraction of sp³-hybridized carbons (Fsp3) is 0.462. The van der Waals surface area contributed by atoms with Crippen LogP contribution in [0.25, 0.3) is 0 Å². The summed E-state index contributed by atoms with van der Waals surface area (Å²) in [5.41, 5.74) is 1.11. The van der Waals surface area contributed by atoms with E-state index in [0.717, 1.165) is 17.8 Å². The molecule has 0 radical (unpaired) electrons. The zero-order valence-electron chi connectivity index (χ0n) is 12.1. The van der Waals surface area contributed by atoms with Gasteiger partial charge in [-0.25, -0.2) is 4.68 Å². The standard InChI is InChI=1S/C13H18N6O2/c1-10(2)14-9-13-15-16-17-18(13)8-7-11-3-5-12(6-4-11)19(20)21/h3-6,10,14H,7-9H2,1-2H3. The number of tetrazole rings is 1. The highest BCUT2D eigenvalue weighted by molar-refractivity contribution is 5.32. The van der Waals surface area contributed by atoms with Crippen LogP contribution in [-0.2, 0) is 19.5 Å². The van der Waals surface area contributed by atoms with Crippen LogP contribution in [0.3, 0.4) is 0 Å². The van der Waals surface area contributed by atoms with Crippen LogP contribution in [0, 0.1) is 10.1 Å². The number of nitro groups is 1. The minimum atomic E-state index is -0.402. The third-order valence-corrected chi connectivity index (χ3v) is 3.03. The summed E-state index contributed by atoms with van der Waals surface area (Å²) in [5.74, 6) is 0.783. The number of nitrogens with one attached hydrogen (secondary N) is 1. The predicted octanol–water partition coefficient (Wildman–Crippen LogP) is 1.32. The second-order valence-corrected chi connectivity index (χ2v) is 5.03. The predicted molar refractivity (Wildman–Crippen MR) is 76.6 cm³/mol. The van der Waals surface area contributed by atoms with E-state index < -0.39 is 4.92 Å². The van der Waals surface area contributed by atoms with Gasteiger partial charge in [0.1, 0.15) is 0 Å². The maximum Gasteiger partial charge on any atom is 0.269 e. The van der Waals surface area contributed by atoms with Crippen molar-refractivity contribution in [3.8, 4) is 0 Å². The van der Waals surface area contributed by atoms with E-state index in [1.807, 2.05) is 0 Å². The topological polar surface area (TPSA) is 98.8 Å². The molecule has 21 heavy (non-hydrogen) atoms. The first-order valence-electron chi connectivity index (χ1n) is 6.78. The lowest BCUT2D eigenvalue weighted by Gasteiger charge is -2.08. The summed E-state index contributed by atoms with van der Waals surface area (Å²) in [6.07, 6.45) is 0.720. The van der Waals surface area contributed by atoms with Gasteiger partial charge in [-0.2, -0.15) is 0 Å². The molecule has 0 amide bonds. The van der Waals surface area contributed by atoms with Crippen molar-refractivity contribution in [3.63, 3.8) is 0 Å². The van der Waals surface area contributed by atoms with E-state index in [2.05, 4.69) is 34.7 Å². The molecule has 0 aliphatic heterocycles. The molecule has 2 aromatic rings. The van der Waals surface area contributed by atoms with Gasteiger partial charge in [-0.3, -0.25) is 10.1 Å². The quantitative estimate of drug-likeness (QED) is 0.610. The third kappa shape index (κ3) is 4.32. The molecular weight excluding hydrogens is 272 g/mol. The van der Waals surface area contributed by atoms with E-state index in [-0.39, 0.29) is 5.69 Å². The number of nitro benzene ring substituents is 1. The molecule has 112 valence electrons. The zero-order valence-corrected chi connectivity index (χ0v) is 12.1. The number of nitrogens with zero attached hydrogens (tertiary/aromatic N) is 5. The van der Waals surface area contributed by atoms with Gasteiger partial charge in [0.05, 0.1) is 11.5 Å². The molecule has 0 spiro atoms. The molecule has 8 heteroatoms. The summed E-state index contributed by atoms with van der Waals surface area (Å²) >= 11 is 0. The molecular formula is C13H18N6O2. The molecule has 1 aromatic carbocycles. The fourth-order valence-electron chi connectivity index (χ4n) is 1.84. The summed E-state index contributed by atoms with van der Waals surface area (Å²) in [4.78, 5) is 10.2. The van der Waals surface area contributed by atoms with E-state index in [0.29, 0.717) is 19.1 Å². The molecule has 0 saturated heterocycles. The molecule has 0 bridgehead atoms. The second-order valence-electron chi connectivity index (χ2n) is 5.03. The van der Waals surface area contributed by atoms with Gasteiger partial charge in [0.2, 0.25) is 0 Å². The third-order valence-electron chi connectivity index (χ3n) is 3.03. The number of aromatic nitrogens is 4. The Labute approximate surface area is 122 Å². The average Bonchev–Trinajstić information content (AvgIpc) is 2.90. The van der Waals surface area contributed by atoms with Crippen LogP contribution in [0.5, 0.6) is 0 Å². The Morgan fingerprint density at radius 1 is 1.33 bits per heavy atom. The van der Waals surface area contributed by atoms with Crippen molar-refractivity contribution < 1.29 is 4.92 Å². The Morgan fingerprint density at radius 3 is 2.67 bits per heavy atom. The van der Waals surface area contributed by atoms with Crippen LogP contribution >= 0.6 is 0 Å². The highest BCUT2D eigenvalue weighted by Crippen LogP contribution is 2.12. The lowest BCUT2D eigenvalue weighted by molar-refractivity contribution is -0.384. The van der Waals surface area contributed by atoms with Crippen LogP contribution < -0.4 is 5.32 Å². The van der Waals surface area contributed by atoms with Gasteiger partial charge in [-0.1, -0.05) is 26.0 Å². The molecule has 0 atom stereocenters. The number of benzene rings is 1. The van der Waals surface area contributed by atoms with Crippen LogP contribution in [-0.4, -0.2) is 31.2 Å². The van der Waals surface area contributed by atoms with Gasteiger partial charge in [0.25, 0.3) is 5.69 Å². The molecule has 1 N–H and O–H groups in total. The van der Waals surface area contributed by atoms with Crippen molar-refractivity contribution in [2.75, 3.05) is 0 Å². The Bertz CT molecular complexity index is 593. The molecule has 1 heterocycles. The molecule has 0 saturated carbocycles. The minimum absolute atomic E-state index is 0.1000. The van der Waals surface area contributed by atoms with Gasteiger partial charge in [-0.15, -0.1) is 5.10 Å². The van der Waals surface area contributed by atoms with Crippen molar-refractivity contribution in [1.82, 2.24) is 25.5 Å².